The van der Waals surface area contributed by atoms with Gasteiger partial charge in [-0.25, -0.2) is 4.98 Å². The van der Waals surface area contributed by atoms with Gasteiger partial charge in [0.1, 0.15) is 0 Å². The highest BCUT2D eigenvalue weighted by Crippen LogP contribution is 2.32. The van der Waals surface area contributed by atoms with Gasteiger partial charge in [0.05, 0.1) is 4.92 Å². The van der Waals surface area contributed by atoms with Gasteiger partial charge in [-0.05, 0) is 39.9 Å². The number of nitro benzene ring substituents is 1. The number of hydrogen-bond acceptors (Lipinski definition) is 6. The van der Waals surface area contributed by atoms with Crippen LogP contribution < -0.4 is 5.32 Å². The normalized spacial score (nSPS) is 17.0. The maximum atomic E-state index is 11.3. The summed E-state index contributed by atoms with van der Waals surface area (Å²) in [6.07, 6.45) is 1.91. The molecule has 1 saturated heterocycles. The van der Waals surface area contributed by atoms with Crippen molar-refractivity contribution in [2.24, 2.45) is 0 Å². The number of pyridine rings is 1. The molecule has 1 aromatic carbocycles. The molecular formula is C18H24N4O3. The van der Waals surface area contributed by atoms with E-state index in [9.17, 15) is 10.1 Å². The van der Waals surface area contributed by atoms with Crippen LogP contribution in [0.2, 0.25) is 0 Å². The quantitative estimate of drug-likeness (QED) is 0.663. The molecule has 0 spiro atoms. The van der Waals surface area contributed by atoms with E-state index in [-0.39, 0.29) is 16.1 Å². The van der Waals surface area contributed by atoms with Crippen LogP contribution >= 0.6 is 0 Å². The van der Waals surface area contributed by atoms with Gasteiger partial charge < -0.3 is 15.0 Å². The minimum absolute atomic E-state index is 0.0163. The van der Waals surface area contributed by atoms with Gasteiger partial charge in [-0.1, -0.05) is 12.1 Å². The summed E-state index contributed by atoms with van der Waals surface area (Å²) in [6, 6.07) is 7.04. The monoisotopic (exact) mass is 344 g/mol. The molecule has 3 rings (SSSR count). The van der Waals surface area contributed by atoms with Crippen molar-refractivity contribution >= 4 is 22.3 Å². The number of aryl methyl sites for hydroxylation is 1. The number of hydrogen-bond donors (Lipinski definition) is 1. The van der Waals surface area contributed by atoms with Gasteiger partial charge in [0, 0.05) is 48.1 Å². The Morgan fingerprint density at radius 1 is 1.36 bits per heavy atom. The maximum absolute atomic E-state index is 11.3. The molecule has 0 unspecified atom stereocenters. The first-order valence-electron chi connectivity index (χ1n) is 8.47. The van der Waals surface area contributed by atoms with Crippen molar-refractivity contribution in [3.63, 3.8) is 0 Å². The second-order valence-corrected chi connectivity index (χ2v) is 6.83. The lowest BCUT2D eigenvalue weighted by Crippen LogP contribution is -2.53. The summed E-state index contributed by atoms with van der Waals surface area (Å²) in [5.41, 5.74) is 2.13. The summed E-state index contributed by atoms with van der Waals surface area (Å²) in [5.74, 6) is 0. The van der Waals surface area contributed by atoms with Crippen LogP contribution in [0.1, 0.15) is 18.5 Å². The Morgan fingerprint density at radius 2 is 2.08 bits per heavy atom. The van der Waals surface area contributed by atoms with Crippen LogP contribution in [0.4, 0.5) is 11.4 Å². The van der Waals surface area contributed by atoms with Gasteiger partial charge >= 0.3 is 0 Å². The Morgan fingerprint density at radius 3 is 2.72 bits per heavy atom. The molecule has 7 heteroatoms. The summed E-state index contributed by atoms with van der Waals surface area (Å²) < 4.78 is 5.52. The molecule has 1 N–H and O–H groups in total. The van der Waals surface area contributed by atoms with Crippen LogP contribution in [0.15, 0.2) is 24.3 Å². The number of fused-ring (bicyclic) bond motifs is 1. The molecule has 0 bridgehead atoms. The third-order valence-electron chi connectivity index (χ3n) is 5.12. The first kappa shape index (κ1) is 17.6. The minimum Gasteiger partial charge on any atom is -0.383 e. The molecule has 0 amide bonds. The van der Waals surface area contributed by atoms with Crippen molar-refractivity contribution in [2.45, 2.75) is 25.3 Å². The molecule has 134 valence electrons. The fourth-order valence-corrected chi connectivity index (χ4v) is 3.45. The summed E-state index contributed by atoms with van der Waals surface area (Å²) in [7, 11) is 4.18. The Labute approximate surface area is 147 Å². The number of nitrogens with one attached hydrogen (secondary N) is 1. The lowest BCUT2D eigenvalue weighted by atomic mass is 9.88. The van der Waals surface area contributed by atoms with Crippen molar-refractivity contribution in [3.05, 3.63) is 40.1 Å². The Kier molecular flexibility index (Phi) is 4.87. The van der Waals surface area contributed by atoms with Gasteiger partial charge in [0.2, 0.25) is 0 Å². The zero-order valence-electron chi connectivity index (χ0n) is 14.9. The zero-order chi connectivity index (χ0) is 18.0. The molecule has 1 aromatic heterocycles. The third-order valence-corrected chi connectivity index (χ3v) is 5.12. The van der Waals surface area contributed by atoms with Crippen molar-refractivity contribution in [2.75, 3.05) is 39.2 Å². The van der Waals surface area contributed by atoms with E-state index in [0.29, 0.717) is 5.52 Å². The molecule has 0 saturated carbocycles. The first-order valence-corrected chi connectivity index (χ1v) is 8.47. The highest BCUT2D eigenvalue weighted by atomic mass is 16.6. The van der Waals surface area contributed by atoms with Gasteiger partial charge in [-0.15, -0.1) is 0 Å². The van der Waals surface area contributed by atoms with Crippen molar-refractivity contribution in [1.29, 1.82) is 0 Å². The topological polar surface area (TPSA) is 80.5 Å². The number of non-ortho nitro benzene ring substituents is 1. The van der Waals surface area contributed by atoms with Crippen molar-refractivity contribution in [3.8, 4) is 0 Å². The summed E-state index contributed by atoms with van der Waals surface area (Å²) in [6.45, 7) is 4.12. The largest absolute Gasteiger partial charge is 0.383 e. The van der Waals surface area contributed by atoms with E-state index in [1.54, 1.807) is 6.07 Å². The van der Waals surface area contributed by atoms with Crippen LogP contribution in [0, 0.1) is 17.0 Å². The number of benzene rings is 1. The van der Waals surface area contributed by atoms with Gasteiger partial charge in [-0.3, -0.25) is 10.1 Å². The van der Waals surface area contributed by atoms with Crippen LogP contribution in [-0.2, 0) is 4.74 Å². The average molecular weight is 344 g/mol. The van der Waals surface area contributed by atoms with Crippen LogP contribution in [0.5, 0.6) is 0 Å². The van der Waals surface area contributed by atoms with Crippen LogP contribution in [-0.4, -0.2) is 54.2 Å². The molecule has 25 heavy (non-hydrogen) atoms. The van der Waals surface area contributed by atoms with Crippen molar-refractivity contribution < 1.29 is 9.66 Å². The fourth-order valence-electron chi connectivity index (χ4n) is 3.45. The number of nitro groups is 1. The fraction of sp³-hybridized carbons (Fsp3) is 0.500. The number of rotatable bonds is 5. The first-order chi connectivity index (χ1) is 11.9. The number of para-hydroxylation sites is 1. The molecule has 0 aliphatic carbocycles. The average Bonchev–Trinajstić information content (AvgIpc) is 2.59. The van der Waals surface area contributed by atoms with Crippen molar-refractivity contribution in [1.82, 2.24) is 9.88 Å². The zero-order valence-corrected chi connectivity index (χ0v) is 14.9. The van der Waals surface area contributed by atoms with Gasteiger partial charge in [-0.2, -0.15) is 0 Å². The smallest absolute Gasteiger partial charge is 0.295 e. The van der Waals surface area contributed by atoms with E-state index in [4.69, 9.17) is 4.74 Å². The predicted octanol–water partition coefficient (Wildman–Crippen LogP) is 2.97. The molecule has 1 fully saturated rings. The van der Waals surface area contributed by atoms with Crippen LogP contribution in [0.3, 0.4) is 0 Å². The molecule has 2 aromatic rings. The Balaban J connectivity index is 1.96. The molecule has 1 aliphatic rings. The standard InChI is InChI=1S/C18H24N4O3/c1-13-11-15(14-5-4-6-16(22(23)24)17(14)20-13)19-12-18(21(2)3)7-9-25-10-8-18/h4-6,11H,7-10,12H2,1-3H3,(H,19,20). The lowest BCUT2D eigenvalue weighted by molar-refractivity contribution is -0.383. The molecule has 0 radical (unpaired) electrons. The minimum atomic E-state index is -0.377. The number of aromatic nitrogens is 1. The lowest BCUT2D eigenvalue weighted by Gasteiger charge is -2.43. The number of ether oxygens (including phenoxy) is 1. The van der Waals surface area contributed by atoms with Gasteiger partial charge in [0.25, 0.3) is 5.69 Å². The molecular weight excluding hydrogens is 320 g/mol. The van der Waals surface area contributed by atoms with Crippen LogP contribution in [0.25, 0.3) is 10.9 Å². The number of nitrogens with zero attached hydrogens (tertiary/aromatic N) is 3. The molecule has 2 heterocycles. The van der Waals surface area contributed by atoms with E-state index < -0.39 is 0 Å². The highest BCUT2D eigenvalue weighted by molar-refractivity contribution is 5.96. The van der Waals surface area contributed by atoms with E-state index in [0.717, 1.165) is 49.4 Å². The molecule has 7 nitrogen and oxygen atoms in total. The molecule has 0 atom stereocenters. The second kappa shape index (κ2) is 6.93. The van der Waals surface area contributed by atoms with Gasteiger partial charge in [0.15, 0.2) is 5.52 Å². The maximum Gasteiger partial charge on any atom is 0.295 e. The Hall–Kier alpha value is -2.25. The number of likely N-dealkylation sites (N-methyl/N-ethyl adjacent to an activating group) is 1. The Bertz CT molecular complexity index is 785. The van der Waals surface area contributed by atoms with E-state index in [1.807, 2.05) is 19.1 Å². The summed E-state index contributed by atoms with van der Waals surface area (Å²) in [5, 5.41) is 15.6. The van der Waals surface area contributed by atoms with E-state index in [1.165, 1.54) is 6.07 Å². The SMILES string of the molecule is Cc1cc(NCC2(N(C)C)CCOCC2)c2cccc([N+](=O)[O-])c2n1. The third kappa shape index (κ3) is 3.43. The predicted molar refractivity (Wildman–Crippen MR) is 98.1 cm³/mol. The molecule has 1 aliphatic heterocycles. The summed E-state index contributed by atoms with van der Waals surface area (Å²) >= 11 is 0. The number of anilines is 1. The summed E-state index contributed by atoms with van der Waals surface area (Å²) in [4.78, 5) is 17.6. The highest BCUT2D eigenvalue weighted by Gasteiger charge is 2.34. The van der Waals surface area contributed by atoms with E-state index >= 15 is 0 Å². The van der Waals surface area contributed by atoms with E-state index in [2.05, 4.69) is 29.3 Å². The second-order valence-electron chi connectivity index (χ2n) is 6.83.